The summed E-state index contributed by atoms with van der Waals surface area (Å²) in [6.07, 6.45) is 3.77. The number of guanidine groups is 1. The standard InChI is InChI=1S/C24H31N5O2/c1-4-25-24(26-16-19-11-12-22(31-5-2)23(15-19)30-3)27-17-20-9-6-7-10-21(20)18-29-14-8-13-28-29/h6-15H,4-5,16-18H2,1-3H3,(H2,25,26,27). The number of nitrogens with one attached hydrogen (secondary N) is 2. The molecule has 31 heavy (non-hydrogen) atoms. The predicted octanol–water partition coefficient (Wildman–Crippen LogP) is 3.59. The maximum Gasteiger partial charge on any atom is 0.191 e. The SMILES string of the molecule is CCNC(=NCc1ccc(OCC)c(OC)c1)NCc1ccccc1Cn1cccn1. The van der Waals surface area contributed by atoms with E-state index in [-0.39, 0.29) is 0 Å². The monoisotopic (exact) mass is 421 g/mol. The fourth-order valence-corrected chi connectivity index (χ4v) is 3.23. The van der Waals surface area contributed by atoms with Gasteiger partial charge in [0.1, 0.15) is 0 Å². The van der Waals surface area contributed by atoms with E-state index >= 15 is 0 Å². The van der Waals surface area contributed by atoms with Gasteiger partial charge in [0, 0.05) is 25.5 Å². The van der Waals surface area contributed by atoms with Crippen LogP contribution in [0.1, 0.15) is 30.5 Å². The molecule has 0 saturated carbocycles. The Labute approximate surface area is 184 Å². The second kappa shape index (κ2) is 11.6. The molecule has 2 aromatic carbocycles. The number of benzene rings is 2. The highest BCUT2D eigenvalue weighted by Crippen LogP contribution is 2.28. The number of methoxy groups -OCH3 is 1. The fourth-order valence-electron chi connectivity index (χ4n) is 3.23. The summed E-state index contributed by atoms with van der Waals surface area (Å²) < 4.78 is 13.0. The molecule has 0 spiro atoms. The summed E-state index contributed by atoms with van der Waals surface area (Å²) in [5.74, 6) is 2.24. The Morgan fingerprint density at radius 3 is 2.58 bits per heavy atom. The van der Waals surface area contributed by atoms with Gasteiger partial charge < -0.3 is 20.1 Å². The van der Waals surface area contributed by atoms with Gasteiger partial charge in [0.15, 0.2) is 17.5 Å². The van der Waals surface area contributed by atoms with Crippen LogP contribution >= 0.6 is 0 Å². The van der Waals surface area contributed by atoms with Crippen molar-refractivity contribution in [3.63, 3.8) is 0 Å². The van der Waals surface area contributed by atoms with E-state index < -0.39 is 0 Å². The van der Waals surface area contributed by atoms with Gasteiger partial charge in [-0.3, -0.25) is 4.68 Å². The van der Waals surface area contributed by atoms with Crippen LogP contribution < -0.4 is 20.1 Å². The van der Waals surface area contributed by atoms with Crippen molar-refractivity contribution < 1.29 is 9.47 Å². The van der Waals surface area contributed by atoms with Gasteiger partial charge in [-0.15, -0.1) is 0 Å². The topological polar surface area (TPSA) is 72.7 Å². The van der Waals surface area contributed by atoms with Crippen LogP contribution in [0.4, 0.5) is 0 Å². The lowest BCUT2D eigenvalue weighted by atomic mass is 10.1. The van der Waals surface area contributed by atoms with E-state index in [9.17, 15) is 0 Å². The van der Waals surface area contributed by atoms with Crippen LogP contribution in [0.25, 0.3) is 0 Å². The van der Waals surface area contributed by atoms with Crippen molar-refractivity contribution in [3.05, 3.63) is 77.6 Å². The number of hydrogen-bond acceptors (Lipinski definition) is 4. The third-order valence-corrected chi connectivity index (χ3v) is 4.75. The number of aliphatic imine (C=N–C) groups is 1. The van der Waals surface area contributed by atoms with E-state index in [1.807, 2.05) is 42.1 Å². The maximum atomic E-state index is 5.59. The largest absolute Gasteiger partial charge is 0.493 e. The number of ether oxygens (including phenoxy) is 2. The summed E-state index contributed by atoms with van der Waals surface area (Å²) in [6.45, 7) is 7.35. The molecule has 0 saturated heterocycles. The summed E-state index contributed by atoms with van der Waals surface area (Å²) in [4.78, 5) is 4.74. The third-order valence-electron chi connectivity index (χ3n) is 4.75. The summed E-state index contributed by atoms with van der Waals surface area (Å²) in [5.41, 5.74) is 3.49. The maximum absolute atomic E-state index is 5.59. The Kier molecular flexibility index (Phi) is 8.34. The first kappa shape index (κ1) is 22.2. The highest BCUT2D eigenvalue weighted by Gasteiger charge is 2.07. The van der Waals surface area contributed by atoms with Crippen molar-refractivity contribution in [2.75, 3.05) is 20.3 Å². The smallest absolute Gasteiger partial charge is 0.191 e. The van der Waals surface area contributed by atoms with E-state index in [0.717, 1.165) is 36.1 Å². The molecule has 2 N–H and O–H groups in total. The van der Waals surface area contributed by atoms with Crippen LogP contribution in [-0.4, -0.2) is 36.0 Å². The summed E-state index contributed by atoms with van der Waals surface area (Å²) in [7, 11) is 1.65. The van der Waals surface area contributed by atoms with E-state index in [0.29, 0.717) is 19.7 Å². The van der Waals surface area contributed by atoms with Crippen LogP contribution in [0.3, 0.4) is 0 Å². The number of rotatable bonds is 10. The van der Waals surface area contributed by atoms with Gasteiger partial charge in [0.25, 0.3) is 0 Å². The van der Waals surface area contributed by atoms with Crippen LogP contribution in [0.5, 0.6) is 11.5 Å². The van der Waals surface area contributed by atoms with E-state index in [4.69, 9.17) is 14.5 Å². The zero-order valence-corrected chi connectivity index (χ0v) is 18.5. The molecule has 0 radical (unpaired) electrons. The first-order chi connectivity index (χ1) is 15.2. The zero-order valence-electron chi connectivity index (χ0n) is 18.5. The molecule has 0 aliphatic heterocycles. The number of hydrogen-bond donors (Lipinski definition) is 2. The molecule has 0 aliphatic rings. The van der Waals surface area contributed by atoms with Gasteiger partial charge >= 0.3 is 0 Å². The molecule has 3 rings (SSSR count). The average molecular weight is 422 g/mol. The minimum absolute atomic E-state index is 0.535. The molecule has 0 unspecified atom stereocenters. The first-order valence-electron chi connectivity index (χ1n) is 10.6. The second-order valence-corrected chi connectivity index (χ2v) is 6.94. The Hall–Kier alpha value is -3.48. The van der Waals surface area contributed by atoms with E-state index in [1.165, 1.54) is 11.1 Å². The van der Waals surface area contributed by atoms with Gasteiger partial charge in [-0.2, -0.15) is 5.10 Å². The van der Waals surface area contributed by atoms with Gasteiger partial charge in [-0.25, -0.2) is 4.99 Å². The molecule has 7 heteroatoms. The molecular formula is C24H31N5O2. The summed E-state index contributed by atoms with van der Waals surface area (Å²) in [6, 6.07) is 16.2. The van der Waals surface area contributed by atoms with Crippen LogP contribution in [0.2, 0.25) is 0 Å². The van der Waals surface area contributed by atoms with Crippen LogP contribution in [0, 0.1) is 0 Å². The van der Waals surface area contributed by atoms with E-state index in [1.54, 1.807) is 13.3 Å². The zero-order chi connectivity index (χ0) is 21.9. The number of nitrogens with zero attached hydrogens (tertiary/aromatic N) is 3. The normalized spacial score (nSPS) is 11.3. The quantitative estimate of drug-likeness (QED) is 0.387. The van der Waals surface area contributed by atoms with Crippen molar-refractivity contribution in [2.45, 2.75) is 33.5 Å². The van der Waals surface area contributed by atoms with Crippen LogP contribution in [-0.2, 0) is 19.6 Å². The van der Waals surface area contributed by atoms with Crippen molar-refractivity contribution in [1.82, 2.24) is 20.4 Å². The first-order valence-corrected chi connectivity index (χ1v) is 10.6. The Morgan fingerprint density at radius 2 is 1.87 bits per heavy atom. The number of aromatic nitrogens is 2. The molecule has 7 nitrogen and oxygen atoms in total. The molecule has 0 atom stereocenters. The Balaban J connectivity index is 1.67. The van der Waals surface area contributed by atoms with Crippen molar-refractivity contribution in [3.8, 4) is 11.5 Å². The molecule has 0 aliphatic carbocycles. The van der Waals surface area contributed by atoms with Crippen molar-refractivity contribution in [1.29, 1.82) is 0 Å². The summed E-state index contributed by atoms with van der Waals surface area (Å²) >= 11 is 0. The van der Waals surface area contributed by atoms with Crippen molar-refractivity contribution >= 4 is 5.96 Å². The molecular weight excluding hydrogens is 390 g/mol. The molecule has 0 bridgehead atoms. The third kappa shape index (κ3) is 6.50. The highest BCUT2D eigenvalue weighted by atomic mass is 16.5. The molecule has 0 fully saturated rings. The fraction of sp³-hybridized carbons (Fsp3) is 0.333. The average Bonchev–Trinajstić information content (AvgIpc) is 3.30. The molecule has 0 amide bonds. The van der Waals surface area contributed by atoms with Crippen molar-refractivity contribution in [2.24, 2.45) is 4.99 Å². The lowest BCUT2D eigenvalue weighted by molar-refractivity contribution is 0.310. The van der Waals surface area contributed by atoms with Gasteiger partial charge in [-0.05, 0) is 48.7 Å². The second-order valence-electron chi connectivity index (χ2n) is 6.94. The minimum Gasteiger partial charge on any atom is -0.493 e. The molecule has 3 aromatic rings. The van der Waals surface area contributed by atoms with Gasteiger partial charge in [0.05, 0.1) is 26.8 Å². The lowest BCUT2D eigenvalue weighted by Gasteiger charge is -2.14. The Bertz CT molecular complexity index is 970. The predicted molar refractivity (Wildman–Crippen MR) is 124 cm³/mol. The molecule has 1 heterocycles. The minimum atomic E-state index is 0.535. The highest BCUT2D eigenvalue weighted by molar-refractivity contribution is 5.79. The van der Waals surface area contributed by atoms with Gasteiger partial charge in [0.2, 0.25) is 0 Å². The lowest BCUT2D eigenvalue weighted by Crippen LogP contribution is -2.37. The molecule has 1 aromatic heterocycles. The molecule has 164 valence electrons. The Morgan fingerprint density at radius 1 is 1.03 bits per heavy atom. The summed E-state index contributed by atoms with van der Waals surface area (Å²) in [5, 5.41) is 11.1. The van der Waals surface area contributed by atoms with E-state index in [2.05, 4.69) is 46.9 Å². The van der Waals surface area contributed by atoms with Gasteiger partial charge in [-0.1, -0.05) is 30.3 Å². The van der Waals surface area contributed by atoms with Crippen LogP contribution in [0.15, 0.2) is 65.9 Å².